The van der Waals surface area contributed by atoms with E-state index < -0.39 is 30.6 Å². The first kappa shape index (κ1) is 26.1. The standard InChI is InChI=1S/C26H28F6O2/c1-2-3-4-18-5-8-20(9-6-18)21-10-12-22(13-11-21)25(28,29)33-16-15-19-7-14-24(23(27)17-19)34-26(30,31)32/h2,7,10-14,17-18,20H,1,3-6,8-9,15-16H2/t18-,20-. The van der Waals surface area contributed by atoms with E-state index in [0.717, 1.165) is 56.2 Å². The number of ether oxygens (including phenoxy) is 2. The normalized spacial score (nSPS) is 19.1. The Balaban J connectivity index is 1.50. The summed E-state index contributed by atoms with van der Waals surface area (Å²) in [6, 6.07) is 8.95. The molecule has 0 unspecified atom stereocenters. The molecule has 0 atom stereocenters. The molecule has 0 N–H and O–H groups in total. The Hall–Kier alpha value is -2.48. The van der Waals surface area contributed by atoms with E-state index in [9.17, 15) is 26.3 Å². The van der Waals surface area contributed by atoms with Gasteiger partial charge in [-0.2, -0.15) is 8.78 Å². The summed E-state index contributed by atoms with van der Waals surface area (Å²) in [5.41, 5.74) is 0.969. The molecule has 186 valence electrons. The van der Waals surface area contributed by atoms with Gasteiger partial charge in [0.15, 0.2) is 11.6 Å². The molecule has 0 aliphatic heterocycles. The largest absolute Gasteiger partial charge is 0.573 e. The SMILES string of the molecule is C=CCC[C@H]1CC[C@H](c2ccc(C(F)(F)OCCc3ccc(OC(F)(F)F)c(F)c3)cc2)CC1. The van der Waals surface area contributed by atoms with E-state index in [1.807, 2.05) is 6.08 Å². The van der Waals surface area contributed by atoms with Crippen molar-refractivity contribution in [2.45, 2.75) is 63.3 Å². The van der Waals surface area contributed by atoms with E-state index in [4.69, 9.17) is 4.74 Å². The second kappa shape index (κ2) is 11.3. The summed E-state index contributed by atoms with van der Waals surface area (Å²) in [7, 11) is 0. The lowest BCUT2D eigenvalue weighted by Crippen LogP contribution is -2.20. The van der Waals surface area contributed by atoms with Gasteiger partial charge in [0.05, 0.1) is 12.2 Å². The molecule has 8 heteroatoms. The van der Waals surface area contributed by atoms with E-state index in [0.29, 0.717) is 11.8 Å². The van der Waals surface area contributed by atoms with Crippen LogP contribution in [0.5, 0.6) is 5.75 Å². The topological polar surface area (TPSA) is 18.5 Å². The molecule has 1 aliphatic rings. The minimum absolute atomic E-state index is 0.105. The quantitative estimate of drug-likeness (QED) is 0.249. The third-order valence-electron chi connectivity index (χ3n) is 6.24. The molecule has 0 spiro atoms. The molecule has 2 aromatic carbocycles. The summed E-state index contributed by atoms with van der Waals surface area (Å²) in [4.78, 5) is 0. The fraction of sp³-hybridized carbons (Fsp3) is 0.462. The maximum Gasteiger partial charge on any atom is 0.573 e. The maximum atomic E-state index is 14.5. The average Bonchev–Trinajstić information content (AvgIpc) is 2.79. The molecule has 0 bridgehead atoms. The summed E-state index contributed by atoms with van der Waals surface area (Å²) < 4.78 is 87.6. The van der Waals surface area contributed by atoms with Gasteiger partial charge in [0.25, 0.3) is 0 Å². The minimum atomic E-state index is -5.02. The third kappa shape index (κ3) is 7.52. The molecule has 0 aromatic heterocycles. The molecule has 0 saturated heterocycles. The van der Waals surface area contributed by atoms with Crippen molar-refractivity contribution >= 4 is 0 Å². The van der Waals surface area contributed by atoms with Crippen LogP contribution in [0.4, 0.5) is 26.3 Å². The fourth-order valence-corrected chi connectivity index (χ4v) is 4.38. The van der Waals surface area contributed by atoms with Crippen LogP contribution in [0.1, 0.15) is 61.1 Å². The molecule has 1 fully saturated rings. The lowest BCUT2D eigenvalue weighted by Gasteiger charge is -2.29. The van der Waals surface area contributed by atoms with Gasteiger partial charge in [-0.05, 0) is 80.0 Å². The highest BCUT2D eigenvalue weighted by atomic mass is 19.4. The van der Waals surface area contributed by atoms with Crippen LogP contribution < -0.4 is 4.74 Å². The monoisotopic (exact) mass is 486 g/mol. The van der Waals surface area contributed by atoms with Gasteiger partial charge in [-0.1, -0.05) is 36.4 Å². The van der Waals surface area contributed by atoms with Crippen molar-refractivity contribution < 1.29 is 35.8 Å². The second-order valence-electron chi connectivity index (χ2n) is 8.63. The zero-order valence-corrected chi connectivity index (χ0v) is 18.7. The smallest absolute Gasteiger partial charge is 0.403 e. The predicted octanol–water partition coefficient (Wildman–Crippen LogP) is 8.27. The van der Waals surface area contributed by atoms with Crippen LogP contribution in [0.15, 0.2) is 55.1 Å². The highest BCUT2D eigenvalue weighted by Gasteiger charge is 2.34. The highest BCUT2D eigenvalue weighted by molar-refractivity contribution is 5.30. The van der Waals surface area contributed by atoms with Gasteiger partial charge >= 0.3 is 12.5 Å². The van der Waals surface area contributed by atoms with Crippen molar-refractivity contribution in [2.75, 3.05) is 6.61 Å². The van der Waals surface area contributed by atoms with Crippen molar-refractivity contribution in [3.8, 4) is 5.75 Å². The molecule has 1 aliphatic carbocycles. The van der Waals surface area contributed by atoms with E-state index >= 15 is 0 Å². The van der Waals surface area contributed by atoms with E-state index in [1.54, 1.807) is 12.1 Å². The van der Waals surface area contributed by atoms with Gasteiger partial charge in [-0.15, -0.1) is 19.8 Å². The lowest BCUT2D eigenvalue weighted by atomic mass is 9.77. The van der Waals surface area contributed by atoms with Crippen LogP contribution in [0.3, 0.4) is 0 Å². The predicted molar refractivity (Wildman–Crippen MR) is 117 cm³/mol. The van der Waals surface area contributed by atoms with Crippen LogP contribution in [0.2, 0.25) is 0 Å². The molecule has 0 amide bonds. The number of rotatable bonds is 10. The first-order valence-corrected chi connectivity index (χ1v) is 11.3. The molecule has 34 heavy (non-hydrogen) atoms. The first-order chi connectivity index (χ1) is 16.1. The van der Waals surface area contributed by atoms with Crippen molar-refractivity contribution in [1.29, 1.82) is 0 Å². The second-order valence-corrected chi connectivity index (χ2v) is 8.63. The van der Waals surface area contributed by atoms with Crippen LogP contribution in [-0.4, -0.2) is 13.0 Å². The minimum Gasteiger partial charge on any atom is -0.403 e. The van der Waals surface area contributed by atoms with E-state index in [1.165, 1.54) is 18.2 Å². The number of benzene rings is 2. The summed E-state index contributed by atoms with van der Waals surface area (Å²) in [5.74, 6) is -1.14. The van der Waals surface area contributed by atoms with Gasteiger partial charge < -0.3 is 9.47 Å². The van der Waals surface area contributed by atoms with Crippen molar-refractivity contribution in [1.82, 2.24) is 0 Å². The summed E-state index contributed by atoms with van der Waals surface area (Å²) in [6.45, 7) is 3.32. The van der Waals surface area contributed by atoms with Crippen LogP contribution in [0, 0.1) is 11.7 Å². The molecule has 0 heterocycles. The molecule has 2 aromatic rings. The number of allylic oxidation sites excluding steroid dienone is 1. The lowest BCUT2D eigenvalue weighted by molar-refractivity contribution is -0.275. The Morgan fingerprint density at radius 2 is 1.62 bits per heavy atom. The van der Waals surface area contributed by atoms with E-state index in [-0.39, 0.29) is 17.5 Å². The van der Waals surface area contributed by atoms with Gasteiger partial charge in [-0.3, -0.25) is 0 Å². The summed E-state index contributed by atoms with van der Waals surface area (Å²) in [6.07, 6.45) is -0.225. The number of hydrogen-bond donors (Lipinski definition) is 0. The van der Waals surface area contributed by atoms with Crippen LogP contribution >= 0.6 is 0 Å². The zero-order chi connectivity index (χ0) is 24.8. The molecular formula is C26H28F6O2. The summed E-state index contributed by atoms with van der Waals surface area (Å²) >= 11 is 0. The van der Waals surface area contributed by atoms with E-state index in [2.05, 4.69) is 11.3 Å². The molecule has 2 nitrogen and oxygen atoms in total. The Morgan fingerprint density at radius 3 is 2.21 bits per heavy atom. The van der Waals surface area contributed by atoms with Gasteiger partial charge in [0.2, 0.25) is 0 Å². The van der Waals surface area contributed by atoms with Crippen molar-refractivity contribution in [3.63, 3.8) is 0 Å². The van der Waals surface area contributed by atoms with Crippen molar-refractivity contribution in [2.24, 2.45) is 5.92 Å². The van der Waals surface area contributed by atoms with Gasteiger partial charge in [-0.25, -0.2) is 4.39 Å². The maximum absolute atomic E-state index is 14.5. The number of hydrogen-bond acceptors (Lipinski definition) is 2. The van der Waals surface area contributed by atoms with Crippen LogP contribution in [0.25, 0.3) is 0 Å². The number of halogens is 6. The summed E-state index contributed by atoms with van der Waals surface area (Å²) in [5, 5.41) is 0. The average molecular weight is 486 g/mol. The molecule has 1 saturated carbocycles. The Labute approximate surface area is 195 Å². The molecular weight excluding hydrogens is 458 g/mol. The Kier molecular flexibility index (Phi) is 8.68. The third-order valence-corrected chi connectivity index (χ3v) is 6.24. The first-order valence-electron chi connectivity index (χ1n) is 11.3. The van der Waals surface area contributed by atoms with Gasteiger partial charge in [0, 0.05) is 0 Å². The Morgan fingerprint density at radius 1 is 0.941 bits per heavy atom. The Bertz CT molecular complexity index is 931. The molecule has 3 rings (SSSR count). The highest BCUT2D eigenvalue weighted by Crippen LogP contribution is 2.38. The zero-order valence-electron chi connectivity index (χ0n) is 18.7. The van der Waals surface area contributed by atoms with Crippen molar-refractivity contribution in [3.05, 3.63) is 77.6 Å². The van der Waals surface area contributed by atoms with Crippen LogP contribution in [-0.2, 0) is 17.3 Å². The molecule has 0 radical (unpaired) electrons. The fourth-order valence-electron chi connectivity index (χ4n) is 4.38. The number of alkyl halides is 5. The van der Waals surface area contributed by atoms with Gasteiger partial charge in [0.1, 0.15) is 0 Å².